The minimum atomic E-state index is -4.65. The van der Waals surface area contributed by atoms with Crippen molar-refractivity contribution < 1.29 is 22.4 Å². The normalized spacial score (nSPS) is 11.5. The number of halogens is 3. The first-order valence-corrected chi connectivity index (χ1v) is 7.60. The minimum absolute atomic E-state index is 0.101. The number of hydrogen-bond donors (Lipinski definition) is 0. The first-order valence-electron chi connectivity index (χ1n) is 6.79. The van der Waals surface area contributed by atoms with E-state index < -0.39 is 12.1 Å². The predicted molar refractivity (Wildman–Crippen MR) is 81.9 cm³/mol. The van der Waals surface area contributed by atoms with Gasteiger partial charge in [0.15, 0.2) is 0 Å². The lowest BCUT2D eigenvalue weighted by atomic mass is 10.2. The maximum Gasteiger partial charge on any atom is 0.471 e. The Morgan fingerprint density at radius 3 is 2.42 bits per heavy atom. The molecule has 0 aliphatic rings. The highest BCUT2D eigenvalue weighted by molar-refractivity contribution is 7.99. The second-order valence-electron chi connectivity index (χ2n) is 4.73. The molecule has 1 heterocycles. The average molecular weight is 352 g/mol. The van der Waals surface area contributed by atoms with Crippen LogP contribution >= 0.6 is 11.8 Å². The summed E-state index contributed by atoms with van der Waals surface area (Å²) < 4.78 is 47.1. The zero-order chi connectivity index (χ0) is 17.2. The van der Waals surface area contributed by atoms with Gasteiger partial charge in [-0.25, -0.2) is 0 Å². The Kier molecular flexibility index (Phi) is 4.48. The number of methoxy groups -OCH3 is 1. The highest BCUT2D eigenvalue weighted by atomic mass is 32.2. The van der Waals surface area contributed by atoms with Crippen molar-refractivity contribution in [3.8, 4) is 17.1 Å². The van der Waals surface area contributed by atoms with Crippen molar-refractivity contribution in [2.24, 2.45) is 0 Å². The third-order valence-corrected chi connectivity index (χ3v) is 4.02. The molecule has 0 aliphatic carbocycles. The quantitative estimate of drug-likeness (QED) is 0.667. The summed E-state index contributed by atoms with van der Waals surface area (Å²) in [4.78, 5) is 5.17. The lowest BCUT2D eigenvalue weighted by Crippen LogP contribution is -2.04. The summed E-state index contributed by atoms with van der Waals surface area (Å²) in [5.41, 5.74) is 0.446. The number of aromatic nitrogens is 2. The molecule has 0 unspecified atom stereocenters. The fourth-order valence-corrected chi connectivity index (χ4v) is 2.88. The van der Waals surface area contributed by atoms with Crippen LogP contribution in [0.25, 0.3) is 11.4 Å². The zero-order valence-corrected chi connectivity index (χ0v) is 13.2. The summed E-state index contributed by atoms with van der Waals surface area (Å²) in [6, 6.07) is 14.4. The van der Waals surface area contributed by atoms with Gasteiger partial charge in [0, 0.05) is 15.4 Å². The van der Waals surface area contributed by atoms with Gasteiger partial charge >= 0.3 is 12.1 Å². The van der Waals surface area contributed by atoms with Gasteiger partial charge in [0.2, 0.25) is 5.82 Å². The topological polar surface area (TPSA) is 48.2 Å². The van der Waals surface area contributed by atoms with E-state index in [0.717, 1.165) is 15.5 Å². The minimum Gasteiger partial charge on any atom is -0.497 e. The number of hydrogen-bond acceptors (Lipinski definition) is 5. The van der Waals surface area contributed by atoms with Crippen LogP contribution in [0.4, 0.5) is 13.2 Å². The Morgan fingerprint density at radius 1 is 1.04 bits per heavy atom. The molecule has 0 atom stereocenters. The van der Waals surface area contributed by atoms with E-state index in [1.807, 2.05) is 30.3 Å². The summed E-state index contributed by atoms with van der Waals surface area (Å²) in [6.45, 7) is 0. The maximum atomic E-state index is 12.5. The molecule has 0 radical (unpaired) electrons. The summed E-state index contributed by atoms with van der Waals surface area (Å²) in [5, 5.41) is 3.39. The first-order chi connectivity index (χ1) is 11.5. The molecule has 0 N–H and O–H groups in total. The van der Waals surface area contributed by atoms with Crippen LogP contribution in [-0.4, -0.2) is 17.3 Å². The van der Waals surface area contributed by atoms with Crippen LogP contribution in [0.3, 0.4) is 0 Å². The highest BCUT2D eigenvalue weighted by Gasteiger charge is 2.38. The summed E-state index contributed by atoms with van der Waals surface area (Å²) in [7, 11) is 1.58. The molecule has 0 saturated heterocycles. The van der Waals surface area contributed by atoms with Crippen LogP contribution in [0.2, 0.25) is 0 Å². The Morgan fingerprint density at radius 2 is 1.75 bits per heavy atom. The van der Waals surface area contributed by atoms with Crippen LogP contribution in [0.5, 0.6) is 5.75 Å². The Bertz CT molecular complexity index is 849. The molecule has 0 saturated carbocycles. The summed E-state index contributed by atoms with van der Waals surface area (Å²) >= 11 is 1.45. The number of nitrogens with zero attached hydrogens (tertiary/aromatic N) is 2. The fourth-order valence-electron chi connectivity index (χ4n) is 1.96. The Labute approximate surface area is 139 Å². The molecule has 8 heteroatoms. The molecule has 3 aromatic rings. The molecular weight excluding hydrogens is 341 g/mol. The fraction of sp³-hybridized carbons (Fsp3) is 0.125. The van der Waals surface area contributed by atoms with Crippen molar-refractivity contribution in [2.75, 3.05) is 7.11 Å². The van der Waals surface area contributed by atoms with Crippen molar-refractivity contribution in [1.29, 1.82) is 0 Å². The largest absolute Gasteiger partial charge is 0.497 e. The molecule has 1 aromatic heterocycles. The number of rotatable bonds is 4. The van der Waals surface area contributed by atoms with Gasteiger partial charge in [-0.05, 0) is 30.3 Å². The van der Waals surface area contributed by atoms with Crippen molar-refractivity contribution in [1.82, 2.24) is 10.1 Å². The lowest BCUT2D eigenvalue weighted by Gasteiger charge is -2.05. The molecule has 0 fully saturated rings. The van der Waals surface area contributed by atoms with E-state index in [0.29, 0.717) is 5.56 Å². The third kappa shape index (κ3) is 3.70. The molecule has 0 bridgehead atoms. The number of alkyl halides is 3. The molecule has 4 nitrogen and oxygen atoms in total. The van der Waals surface area contributed by atoms with Gasteiger partial charge in [-0.15, -0.1) is 0 Å². The van der Waals surface area contributed by atoms with Crippen LogP contribution in [0.15, 0.2) is 62.8 Å². The van der Waals surface area contributed by atoms with Crippen molar-refractivity contribution >= 4 is 11.8 Å². The molecule has 0 spiro atoms. The van der Waals surface area contributed by atoms with Gasteiger partial charge in [-0.3, -0.25) is 0 Å². The van der Waals surface area contributed by atoms with Crippen molar-refractivity contribution in [3.63, 3.8) is 0 Å². The van der Waals surface area contributed by atoms with Gasteiger partial charge in [0.1, 0.15) is 5.75 Å². The highest BCUT2D eigenvalue weighted by Crippen LogP contribution is 2.33. The van der Waals surface area contributed by atoms with E-state index in [4.69, 9.17) is 4.74 Å². The van der Waals surface area contributed by atoms with Crippen molar-refractivity contribution in [3.05, 3.63) is 54.4 Å². The first kappa shape index (κ1) is 16.4. The molecule has 0 aliphatic heterocycles. The van der Waals surface area contributed by atoms with E-state index in [9.17, 15) is 13.2 Å². The van der Waals surface area contributed by atoms with E-state index in [-0.39, 0.29) is 5.82 Å². The van der Waals surface area contributed by atoms with Crippen LogP contribution in [0.1, 0.15) is 5.89 Å². The lowest BCUT2D eigenvalue weighted by molar-refractivity contribution is -0.159. The van der Waals surface area contributed by atoms with E-state index in [2.05, 4.69) is 14.7 Å². The van der Waals surface area contributed by atoms with Gasteiger partial charge in [-0.2, -0.15) is 18.2 Å². The Balaban J connectivity index is 1.85. The van der Waals surface area contributed by atoms with E-state index >= 15 is 0 Å². The summed E-state index contributed by atoms with van der Waals surface area (Å²) in [6.07, 6.45) is -4.65. The SMILES string of the molecule is COc1cccc(Sc2cccc(-c3noc(C(F)(F)F)n3)c2)c1. The second-order valence-corrected chi connectivity index (χ2v) is 5.88. The number of ether oxygens (including phenoxy) is 1. The predicted octanol–water partition coefficient (Wildman–Crippen LogP) is 4.92. The molecule has 2 aromatic carbocycles. The smallest absolute Gasteiger partial charge is 0.471 e. The van der Waals surface area contributed by atoms with Crippen molar-refractivity contribution in [2.45, 2.75) is 16.0 Å². The maximum absolute atomic E-state index is 12.5. The second kappa shape index (κ2) is 6.56. The van der Waals surface area contributed by atoms with Crippen LogP contribution in [0, 0.1) is 0 Å². The van der Waals surface area contributed by atoms with Crippen LogP contribution in [-0.2, 0) is 6.18 Å². The average Bonchev–Trinajstić information content (AvgIpc) is 3.06. The van der Waals surface area contributed by atoms with Gasteiger partial charge < -0.3 is 9.26 Å². The van der Waals surface area contributed by atoms with Gasteiger partial charge in [0.05, 0.1) is 7.11 Å². The molecule has 124 valence electrons. The van der Waals surface area contributed by atoms with E-state index in [1.165, 1.54) is 11.8 Å². The Hall–Kier alpha value is -2.48. The summed E-state index contributed by atoms with van der Waals surface area (Å²) in [5.74, 6) is -0.733. The monoisotopic (exact) mass is 352 g/mol. The number of benzene rings is 2. The third-order valence-electron chi connectivity index (χ3n) is 3.04. The van der Waals surface area contributed by atoms with Gasteiger partial charge in [-0.1, -0.05) is 35.1 Å². The van der Waals surface area contributed by atoms with E-state index in [1.54, 1.807) is 25.3 Å². The molecule has 3 rings (SSSR count). The van der Waals surface area contributed by atoms with Crippen LogP contribution < -0.4 is 4.74 Å². The zero-order valence-electron chi connectivity index (χ0n) is 12.4. The molecular formula is C16H11F3N2O2S. The molecule has 0 amide bonds. The standard InChI is InChI=1S/C16H11F3N2O2S/c1-22-11-5-3-7-13(9-11)24-12-6-2-4-10(8-12)14-20-15(23-21-14)16(17,18)19/h2-9H,1H3. The molecule has 24 heavy (non-hydrogen) atoms. The van der Waals surface area contributed by atoms with Gasteiger partial charge in [0.25, 0.3) is 0 Å².